The summed E-state index contributed by atoms with van der Waals surface area (Å²) in [5.41, 5.74) is 0. The van der Waals surface area contributed by atoms with Crippen LogP contribution < -0.4 is 0 Å². The van der Waals surface area contributed by atoms with E-state index in [0.29, 0.717) is 0 Å². The van der Waals surface area contributed by atoms with Crippen LogP contribution in [-0.4, -0.2) is 33.1 Å². The Morgan fingerprint density at radius 1 is 0.923 bits per heavy atom. The number of carboxylic acid groups (broad SMARTS) is 2. The van der Waals surface area contributed by atoms with E-state index in [1.165, 1.54) is 0 Å². The van der Waals surface area contributed by atoms with Crippen molar-refractivity contribution in [3.8, 4) is 12.1 Å². The predicted octanol–water partition coefficient (Wildman–Crippen LogP) is -2.46. The van der Waals surface area contributed by atoms with Crippen LogP contribution in [0.5, 0.6) is 0 Å². The Balaban J connectivity index is -0.0000000267. The summed E-state index contributed by atoms with van der Waals surface area (Å²) < 4.78 is 0. The minimum atomic E-state index is -1.44. The van der Waals surface area contributed by atoms with Gasteiger partial charge in [0.2, 0.25) is 0 Å². The van der Waals surface area contributed by atoms with Gasteiger partial charge in [0.05, 0.1) is 0 Å². The van der Waals surface area contributed by atoms with Gasteiger partial charge in [0, 0.05) is 17.1 Å². The third kappa shape index (κ3) is 130. The molecule has 0 unspecified atom stereocenters. The van der Waals surface area contributed by atoms with Gasteiger partial charge >= 0.3 is 11.9 Å². The van der Waals surface area contributed by atoms with Crippen molar-refractivity contribution in [1.82, 2.24) is 0 Å². The number of hydrogen-bond acceptors (Lipinski definition) is 4. The first-order valence-electron chi connectivity index (χ1n) is 1.80. The van der Waals surface area contributed by atoms with Gasteiger partial charge in [0.1, 0.15) is 0 Å². The molecule has 0 rings (SSSR count). The molecule has 0 spiro atoms. The van der Waals surface area contributed by atoms with Gasteiger partial charge in [-0.1, -0.05) is 0 Å². The van der Waals surface area contributed by atoms with Crippen molar-refractivity contribution in [2.45, 2.75) is 0 Å². The summed E-state index contributed by atoms with van der Waals surface area (Å²) in [6, 6.07) is 1.89. The average molecular weight is 233 g/mol. The number of rotatable bonds is 0. The Kier molecular flexibility index (Phi) is 52.0. The Morgan fingerprint density at radius 3 is 1.00 bits per heavy atom. The molecule has 6 N–H and O–H groups in total. The Labute approximate surface area is 83.1 Å². The Morgan fingerprint density at radius 2 is 1.00 bits per heavy atom. The van der Waals surface area contributed by atoms with Crippen LogP contribution in [0.1, 0.15) is 0 Å². The number of hydrogen-bond donors (Lipinski definition) is 2. The molecular formula is C4H6MnN2O6. The summed E-state index contributed by atoms with van der Waals surface area (Å²) >= 11 is 0. The third-order valence-electron chi connectivity index (χ3n) is 0.191. The minimum absolute atomic E-state index is 0. The molecule has 75 valence electrons. The molecule has 1 radical (unpaired) electrons. The van der Waals surface area contributed by atoms with Crippen LogP contribution in [0, 0.1) is 22.7 Å². The van der Waals surface area contributed by atoms with E-state index >= 15 is 0 Å². The fraction of sp³-hybridized carbons (Fsp3) is 0. The molecule has 9 heteroatoms. The molecule has 0 saturated carbocycles. The zero-order valence-electron chi connectivity index (χ0n) is 5.98. The molecule has 0 aliphatic carbocycles. The first kappa shape index (κ1) is 30.1. The van der Waals surface area contributed by atoms with Crippen LogP contribution in [0.15, 0.2) is 0 Å². The Bertz CT molecular complexity index is 192. The van der Waals surface area contributed by atoms with E-state index in [0.717, 1.165) is 12.1 Å². The number of nitrogens with zero attached hydrogens (tertiary/aromatic N) is 2. The van der Waals surface area contributed by atoms with Crippen molar-refractivity contribution in [2.75, 3.05) is 0 Å². The van der Waals surface area contributed by atoms with Crippen LogP contribution in [0.2, 0.25) is 0 Å². The molecule has 13 heavy (non-hydrogen) atoms. The smallest absolute Gasteiger partial charge is 0.408 e. The van der Waals surface area contributed by atoms with Gasteiger partial charge in [0.25, 0.3) is 0 Å². The van der Waals surface area contributed by atoms with Gasteiger partial charge in [-0.2, -0.15) is 10.5 Å². The van der Waals surface area contributed by atoms with Crippen molar-refractivity contribution in [2.24, 2.45) is 0 Å². The standard InChI is InChI=1S/2C2HNO2.Mn.2H2O/c2*3-1-2(4)5;;;/h2*(H,4,5);;2*1H2. The van der Waals surface area contributed by atoms with Gasteiger partial charge in [-0.15, -0.1) is 0 Å². The fourth-order valence-electron chi connectivity index (χ4n) is 0. The zero-order valence-corrected chi connectivity index (χ0v) is 7.16. The van der Waals surface area contributed by atoms with E-state index < -0.39 is 11.9 Å². The van der Waals surface area contributed by atoms with Crippen molar-refractivity contribution in [1.29, 1.82) is 10.5 Å². The minimum Gasteiger partial charge on any atom is -0.470 e. The van der Waals surface area contributed by atoms with Crippen LogP contribution in [-0.2, 0) is 26.7 Å². The normalized spacial score (nSPS) is 4.15. The topological polar surface area (TPSA) is 185 Å². The molecular weight excluding hydrogens is 227 g/mol. The monoisotopic (exact) mass is 233 g/mol. The summed E-state index contributed by atoms with van der Waals surface area (Å²) in [6.07, 6.45) is 0. The third-order valence-corrected chi connectivity index (χ3v) is 0.191. The van der Waals surface area contributed by atoms with Crippen molar-refractivity contribution >= 4 is 11.9 Å². The maximum absolute atomic E-state index is 9.01. The number of carbonyl (C=O) groups is 2. The van der Waals surface area contributed by atoms with Gasteiger partial charge in [-0.25, -0.2) is 9.59 Å². The summed E-state index contributed by atoms with van der Waals surface area (Å²) in [5, 5.41) is 29.3. The molecule has 8 nitrogen and oxygen atoms in total. The first-order chi connectivity index (χ1) is 4.54. The van der Waals surface area contributed by atoms with Crippen LogP contribution in [0.4, 0.5) is 0 Å². The van der Waals surface area contributed by atoms with Crippen LogP contribution >= 0.6 is 0 Å². The second-order valence-corrected chi connectivity index (χ2v) is 0.834. The molecule has 0 amide bonds. The predicted molar refractivity (Wildman–Crippen MR) is 33.7 cm³/mol. The molecule has 0 bridgehead atoms. The van der Waals surface area contributed by atoms with Gasteiger partial charge in [-0.3, -0.25) is 0 Å². The summed E-state index contributed by atoms with van der Waals surface area (Å²) in [6.45, 7) is 0. The van der Waals surface area contributed by atoms with Gasteiger partial charge in [-0.05, 0) is 0 Å². The largest absolute Gasteiger partial charge is 0.470 e. The van der Waals surface area contributed by atoms with E-state index in [4.69, 9.17) is 30.3 Å². The van der Waals surface area contributed by atoms with Crippen molar-refractivity contribution < 1.29 is 47.8 Å². The number of aliphatic carboxylic acids is 2. The maximum atomic E-state index is 9.01. The fourth-order valence-corrected chi connectivity index (χ4v) is 0. The quantitative estimate of drug-likeness (QED) is 0.265. The molecule has 0 heterocycles. The molecule has 0 atom stereocenters. The molecule has 0 saturated heterocycles. The van der Waals surface area contributed by atoms with E-state index in [1.54, 1.807) is 0 Å². The summed E-state index contributed by atoms with van der Waals surface area (Å²) in [5.74, 6) is -2.88. The molecule has 0 aromatic carbocycles. The number of carboxylic acids is 2. The second kappa shape index (κ2) is 22.4. The van der Waals surface area contributed by atoms with Gasteiger partial charge in [0.15, 0.2) is 12.1 Å². The first-order valence-corrected chi connectivity index (χ1v) is 1.80. The molecule has 0 aliphatic heterocycles. The van der Waals surface area contributed by atoms with E-state index in [2.05, 4.69) is 0 Å². The second-order valence-electron chi connectivity index (χ2n) is 0.834. The average Bonchev–Trinajstić information content (AvgIpc) is 1.89. The van der Waals surface area contributed by atoms with Crippen molar-refractivity contribution in [3.05, 3.63) is 0 Å². The van der Waals surface area contributed by atoms with Crippen molar-refractivity contribution in [3.63, 3.8) is 0 Å². The summed E-state index contributed by atoms with van der Waals surface area (Å²) in [4.78, 5) is 18.0. The number of nitriles is 2. The summed E-state index contributed by atoms with van der Waals surface area (Å²) in [7, 11) is 0. The zero-order chi connectivity index (χ0) is 8.57. The van der Waals surface area contributed by atoms with E-state index in [-0.39, 0.29) is 28.0 Å². The maximum Gasteiger partial charge on any atom is 0.408 e. The van der Waals surface area contributed by atoms with E-state index in [1.807, 2.05) is 0 Å². The molecule has 0 fully saturated rings. The van der Waals surface area contributed by atoms with E-state index in [9.17, 15) is 0 Å². The van der Waals surface area contributed by atoms with Crippen LogP contribution in [0.3, 0.4) is 0 Å². The molecule has 0 aromatic heterocycles. The molecule has 0 aromatic rings. The Hall–Kier alpha value is -1.64. The van der Waals surface area contributed by atoms with Crippen LogP contribution in [0.25, 0.3) is 0 Å². The molecule has 0 aliphatic rings. The SMILES string of the molecule is N#CC(=O)O.N#CC(=O)O.O.O.[Mn]. The van der Waals surface area contributed by atoms with Gasteiger partial charge < -0.3 is 21.2 Å².